The molecular weight excluding hydrogens is 264 g/mol. The summed E-state index contributed by atoms with van der Waals surface area (Å²) in [5, 5.41) is 0. The molecule has 1 saturated heterocycles. The average molecular weight is 275 g/mol. The lowest BCUT2D eigenvalue weighted by Crippen LogP contribution is -2.26. The molecule has 1 fully saturated rings. The molecule has 1 unspecified atom stereocenters. The molecule has 1 aliphatic rings. The summed E-state index contributed by atoms with van der Waals surface area (Å²) < 4.78 is 4.65. The molecule has 0 aromatic carbocycles. The number of aromatic nitrogens is 1. The van der Waals surface area contributed by atoms with Crippen LogP contribution in [0.15, 0.2) is 5.51 Å². The lowest BCUT2D eigenvalue weighted by atomic mass is 10.1. The number of rotatable bonds is 3. The van der Waals surface area contributed by atoms with Crippen molar-refractivity contribution >= 4 is 40.6 Å². The minimum absolute atomic E-state index is 0.0493. The van der Waals surface area contributed by atoms with Crippen LogP contribution >= 0.6 is 22.9 Å². The van der Waals surface area contributed by atoms with Crippen LogP contribution in [0, 0.1) is 5.92 Å². The highest BCUT2D eigenvalue weighted by molar-refractivity contribution is 7.12. The Kier molecular flexibility index (Phi) is 3.63. The number of alkyl halides is 1. The van der Waals surface area contributed by atoms with Gasteiger partial charge in [0.15, 0.2) is 10.7 Å². The number of ether oxygens (including phenoxy) is 1. The molecule has 0 radical (unpaired) electrons. The molecule has 17 heavy (non-hydrogen) atoms. The van der Waals surface area contributed by atoms with E-state index in [1.54, 1.807) is 0 Å². The van der Waals surface area contributed by atoms with Crippen molar-refractivity contribution in [2.45, 2.75) is 6.42 Å². The summed E-state index contributed by atoms with van der Waals surface area (Å²) in [6.45, 7) is 0.510. The van der Waals surface area contributed by atoms with E-state index in [-0.39, 0.29) is 11.8 Å². The van der Waals surface area contributed by atoms with Gasteiger partial charge < -0.3 is 4.74 Å². The third kappa shape index (κ3) is 2.28. The highest BCUT2D eigenvalue weighted by Gasteiger charge is 2.34. The van der Waals surface area contributed by atoms with E-state index in [1.807, 2.05) is 0 Å². The van der Waals surface area contributed by atoms with Gasteiger partial charge in [-0.3, -0.25) is 9.69 Å². The predicted octanol–water partition coefficient (Wildman–Crippen LogP) is 1.52. The molecule has 1 aromatic heterocycles. The summed E-state index contributed by atoms with van der Waals surface area (Å²) in [7, 11) is 1.30. The summed E-state index contributed by atoms with van der Waals surface area (Å²) in [5.74, 6) is 0.423. The van der Waals surface area contributed by atoms with Crippen LogP contribution in [-0.2, 0) is 9.53 Å². The van der Waals surface area contributed by atoms with Gasteiger partial charge in [-0.05, 0) is 5.92 Å². The quantitative estimate of drug-likeness (QED) is 0.619. The number of anilines is 1. The van der Waals surface area contributed by atoms with Crippen molar-refractivity contribution in [1.82, 2.24) is 4.98 Å². The Morgan fingerprint density at radius 1 is 1.76 bits per heavy atom. The maximum Gasteiger partial charge on any atom is 0.351 e. The molecular formula is C10H11ClN2O3S. The van der Waals surface area contributed by atoms with Crippen LogP contribution in [0.1, 0.15) is 16.1 Å². The largest absolute Gasteiger partial charge is 0.465 e. The van der Waals surface area contributed by atoms with Gasteiger partial charge in [0.2, 0.25) is 5.91 Å². The zero-order valence-electron chi connectivity index (χ0n) is 9.18. The fraction of sp³-hybridized carbons (Fsp3) is 0.500. The second kappa shape index (κ2) is 5.01. The molecule has 1 amide bonds. The SMILES string of the molecule is COC(=O)c1scnc1N1CC(CCl)CC1=O. The molecule has 0 aliphatic carbocycles. The molecule has 0 N–H and O–H groups in total. The van der Waals surface area contributed by atoms with E-state index in [4.69, 9.17) is 11.6 Å². The first-order chi connectivity index (χ1) is 8.17. The molecule has 1 aromatic rings. The van der Waals surface area contributed by atoms with Gasteiger partial charge in [-0.15, -0.1) is 22.9 Å². The lowest BCUT2D eigenvalue weighted by molar-refractivity contribution is -0.117. The molecule has 0 bridgehead atoms. The van der Waals surface area contributed by atoms with Crippen molar-refractivity contribution in [2.75, 3.05) is 24.4 Å². The van der Waals surface area contributed by atoms with E-state index in [1.165, 1.54) is 28.9 Å². The van der Waals surface area contributed by atoms with Crippen LogP contribution in [0.4, 0.5) is 5.82 Å². The Labute approximate surface area is 107 Å². The number of hydrogen-bond donors (Lipinski definition) is 0. The Hall–Kier alpha value is -1.14. The third-order valence-electron chi connectivity index (χ3n) is 2.60. The number of hydrogen-bond acceptors (Lipinski definition) is 5. The Bertz CT molecular complexity index is 449. The summed E-state index contributed by atoms with van der Waals surface area (Å²) in [6, 6.07) is 0. The molecule has 2 heterocycles. The monoisotopic (exact) mass is 274 g/mol. The number of carbonyl (C=O) groups is 2. The Morgan fingerprint density at radius 2 is 2.53 bits per heavy atom. The van der Waals surface area contributed by atoms with Crippen LogP contribution in [0.5, 0.6) is 0 Å². The van der Waals surface area contributed by atoms with E-state index in [0.29, 0.717) is 29.5 Å². The van der Waals surface area contributed by atoms with Crippen molar-refractivity contribution < 1.29 is 14.3 Å². The number of thiazole rings is 1. The maximum atomic E-state index is 11.8. The van der Waals surface area contributed by atoms with Gasteiger partial charge in [0.05, 0.1) is 12.6 Å². The summed E-state index contributed by atoms with van der Waals surface area (Å²) >= 11 is 6.91. The molecule has 0 spiro atoms. The minimum Gasteiger partial charge on any atom is -0.465 e. The van der Waals surface area contributed by atoms with Crippen molar-refractivity contribution in [3.05, 3.63) is 10.4 Å². The van der Waals surface area contributed by atoms with Gasteiger partial charge in [0, 0.05) is 18.8 Å². The number of esters is 1. The smallest absolute Gasteiger partial charge is 0.351 e. The summed E-state index contributed by atoms with van der Waals surface area (Å²) in [6.07, 6.45) is 0.404. The zero-order valence-corrected chi connectivity index (χ0v) is 10.8. The Balaban J connectivity index is 2.26. The normalized spacial score (nSPS) is 19.8. The van der Waals surface area contributed by atoms with Crippen LogP contribution in [-0.4, -0.2) is 36.4 Å². The van der Waals surface area contributed by atoms with E-state index < -0.39 is 5.97 Å². The predicted molar refractivity (Wildman–Crippen MR) is 64.6 cm³/mol. The van der Waals surface area contributed by atoms with Crippen molar-refractivity contribution in [3.8, 4) is 0 Å². The van der Waals surface area contributed by atoms with Crippen LogP contribution in [0.3, 0.4) is 0 Å². The molecule has 92 valence electrons. The fourth-order valence-electron chi connectivity index (χ4n) is 1.75. The number of halogens is 1. The zero-order chi connectivity index (χ0) is 12.4. The highest BCUT2D eigenvalue weighted by Crippen LogP contribution is 2.29. The highest BCUT2D eigenvalue weighted by atomic mass is 35.5. The first-order valence-corrected chi connectivity index (χ1v) is 6.47. The number of methoxy groups -OCH3 is 1. The summed E-state index contributed by atoms with van der Waals surface area (Å²) in [4.78, 5) is 29.2. The van der Waals surface area contributed by atoms with Gasteiger partial charge in [-0.25, -0.2) is 9.78 Å². The molecule has 0 saturated carbocycles. The van der Waals surface area contributed by atoms with Crippen LogP contribution in [0.25, 0.3) is 0 Å². The molecule has 1 atom stereocenters. The average Bonchev–Trinajstić information content (AvgIpc) is 2.93. The van der Waals surface area contributed by atoms with Gasteiger partial charge in [0.1, 0.15) is 0 Å². The minimum atomic E-state index is -0.468. The second-order valence-corrected chi connectivity index (χ2v) is 4.89. The van der Waals surface area contributed by atoms with Gasteiger partial charge in [-0.2, -0.15) is 0 Å². The molecule has 5 nitrogen and oxygen atoms in total. The van der Waals surface area contributed by atoms with Crippen molar-refractivity contribution in [3.63, 3.8) is 0 Å². The van der Waals surface area contributed by atoms with Gasteiger partial charge in [-0.1, -0.05) is 0 Å². The summed E-state index contributed by atoms with van der Waals surface area (Å²) in [5.41, 5.74) is 1.53. The molecule has 1 aliphatic heterocycles. The first-order valence-electron chi connectivity index (χ1n) is 5.05. The van der Waals surface area contributed by atoms with Crippen LogP contribution in [0.2, 0.25) is 0 Å². The van der Waals surface area contributed by atoms with Gasteiger partial charge in [0.25, 0.3) is 0 Å². The number of nitrogens with zero attached hydrogens (tertiary/aromatic N) is 2. The van der Waals surface area contributed by atoms with Crippen molar-refractivity contribution in [1.29, 1.82) is 0 Å². The third-order valence-corrected chi connectivity index (χ3v) is 3.83. The van der Waals surface area contributed by atoms with E-state index in [0.717, 1.165) is 0 Å². The van der Waals surface area contributed by atoms with Gasteiger partial charge >= 0.3 is 5.97 Å². The lowest BCUT2D eigenvalue weighted by Gasteiger charge is -2.14. The standard InChI is InChI=1S/C10H11ClN2O3S/c1-16-10(15)8-9(12-5-17-8)13-4-6(3-11)2-7(13)14/h5-6H,2-4H2,1H3. The molecule has 2 rings (SSSR count). The first kappa shape index (κ1) is 12.3. The second-order valence-electron chi connectivity index (χ2n) is 3.73. The fourth-order valence-corrected chi connectivity index (χ4v) is 2.67. The van der Waals surface area contributed by atoms with Crippen LogP contribution < -0.4 is 4.90 Å². The Morgan fingerprint density at radius 3 is 3.12 bits per heavy atom. The van der Waals surface area contributed by atoms with E-state index >= 15 is 0 Å². The van der Waals surface area contributed by atoms with E-state index in [2.05, 4.69) is 9.72 Å². The maximum absolute atomic E-state index is 11.8. The van der Waals surface area contributed by atoms with Crippen molar-refractivity contribution in [2.24, 2.45) is 5.92 Å². The molecule has 7 heteroatoms. The topological polar surface area (TPSA) is 59.5 Å². The number of carbonyl (C=O) groups excluding carboxylic acids is 2. The number of amides is 1. The van der Waals surface area contributed by atoms with E-state index in [9.17, 15) is 9.59 Å².